The van der Waals surface area contributed by atoms with Crippen LogP contribution in [0.25, 0.3) is 11.1 Å². The normalized spacial score (nSPS) is 28.4. The monoisotopic (exact) mass is 593 g/mol. The lowest BCUT2D eigenvalue weighted by molar-refractivity contribution is -0.178. The summed E-state index contributed by atoms with van der Waals surface area (Å²) in [6, 6.07) is 7.98. The molecule has 230 valence electrons. The summed E-state index contributed by atoms with van der Waals surface area (Å²) in [6.07, 6.45) is -0.302. The topological polar surface area (TPSA) is 183 Å². The average molecular weight is 594 g/mol. The second kappa shape index (κ2) is 11.4. The van der Waals surface area contributed by atoms with E-state index >= 15 is 0 Å². The third-order valence-electron chi connectivity index (χ3n) is 9.29. The van der Waals surface area contributed by atoms with Crippen LogP contribution in [0.15, 0.2) is 41.7 Å². The first-order valence-corrected chi connectivity index (χ1v) is 14.5. The third kappa shape index (κ3) is 4.71. The molecule has 0 radical (unpaired) electrons. The molecule has 2 aromatic carbocycles. The summed E-state index contributed by atoms with van der Waals surface area (Å²) in [6.45, 7) is 3.56. The van der Waals surface area contributed by atoms with Crippen LogP contribution in [0.3, 0.4) is 0 Å². The Morgan fingerprint density at radius 3 is 2.51 bits per heavy atom. The van der Waals surface area contributed by atoms with Gasteiger partial charge >= 0.3 is 0 Å². The molecule has 11 heteroatoms. The maximum Gasteiger partial charge on any atom is 0.230 e. The molecule has 0 spiro atoms. The highest BCUT2D eigenvalue weighted by atomic mass is 16.5. The summed E-state index contributed by atoms with van der Waals surface area (Å²) in [5.41, 5.74) is 5.57. The van der Waals surface area contributed by atoms with Crippen molar-refractivity contribution in [1.82, 2.24) is 10.2 Å². The highest BCUT2D eigenvalue weighted by Gasteiger charge is 2.66. The van der Waals surface area contributed by atoms with E-state index in [1.165, 1.54) is 6.07 Å². The SMILES string of the molecule is CCCNCc1ccc(OC)c(-c2ccc(O)c3c2C[C@H]2C[C@H]4C(N(C)C)C(O)C(C(N)=O)C(=O)[C@@]4(O)C(O)=C2C3=O)c1. The molecular weight excluding hydrogens is 554 g/mol. The first-order chi connectivity index (χ1) is 20.4. The molecule has 0 saturated heterocycles. The number of hydrogen-bond acceptors (Lipinski definition) is 10. The number of nitrogens with zero attached hydrogens (tertiary/aromatic N) is 1. The van der Waals surface area contributed by atoms with Crippen molar-refractivity contribution in [3.05, 3.63) is 58.4 Å². The summed E-state index contributed by atoms with van der Waals surface area (Å²) in [7, 11) is 4.81. The number of likely N-dealkylation sites (N-methyl/N-ethyl adjacent to an activating group) is 1. The van der Waals surface area contributed by atoms with Gasteiger partial charge in [-0.05, 0) is 80.7 Å². The lowest BCUT2D eigenvalue weighted by Gasteiger charge is -2.53. The van der Waals surface area contributed by atoms with E-state index in [0.29, 0.717) is 23.4 Å². The van der Waals surface area contributed by atoms with E-state index in [2.05, 4.69) is 12.2 Å². The lowest BCUT2D eigenvalue weighted by atomic mass is 9.55. The predicted octanol–water partition coefficient (Wildman–Crippen LogP) is 1.46. The summed E-state index contributed by atoms with van der Waals surface area (Å²) < 4.78 is 5.67. The molecule has 7 N–H and O–H groups in total. The Hall–Kier alpha value is -3.77. The van der Waals surface area contributed by atoms with Crippen molar-refractivity contribution in [3.63, 3.8) is 0 Å². The zero-order chi connectivity index (χ0) is 31.4. The van der Waals surface area contributed by atoms with Crippen molar-refractivity contribution >= 4 is 17.5 Å². The fraction of sp³-hybridized carbons (Fsp3) is 0.469. The van der Waals surface area contributed by atoms with Crippen LogP contribution in [0.4, 0.5) is 0 Å². The number of rotatable bonds is 8. The third-order valence-corrected chi connectivity index (χ3v) is 9.29. The van der Waals surface area contributed by atoms with Crippen molar-refractivity contribution in [1.29, 1.82) is 0 Å². The van der Waals surface area contributed by atoms with Crippen LogP contribution in [0, 0.1) is 17.8 Å². The molecule has 2 aromatic rings. The number of nitrogens with two attached hydrogens (primary N) is 1. The lowest BCUT2D eigenvalue weighted by Crippen LogP contribution is -2.71. The first-order valence-electron chi connectivity index (χ1n) is 14.5. The van der Waals surface area contributed by atoms with Gasteiger partial charge in [0.25, 0.3) is 0 Å². The van der Waals surface area contributed by atoms with Gasteiger partial charge in [-0.1, -0.05) is 19.1 Å². The Balaban J connectivity index is 1.67. The van der Waals surface area contributed by atoms with Gasteiger partial charge < -0.3 is 41.1 Å². The number of phenolic OH excluding ortho intramolecular Hbond substituents is 1. The summed E-state index contributed by atoms with van der Waals surface area (Å²) in [5, 5.41) is 48.7. The zero-order valence-corrected chi connectivity index (χ0v) is 24.8. The number of hydrogen-bond donors (Lipinski definition) is 6. The van der Waals surface area contributed by atoms with E-state index in [-0.39, 0.29) is 29.7 Å². The minimum Gasteiger partial charge on any atom is -0.508 e. The fourth-order valence-corrected chi connectivity index (χ4v) is 7.34. The summed E-state index contributed by atoms with van der Waals surface area (Å²) in [4.78, 5) is 41.5. The standard InChI is InChI=1S/C32H39N3O8/c1-5-10-34-14-15-6-9-22(43-4)18(11-15)17-7-8-21(36)24-19(17)12-16-13-20-26(35(2)3)28(38)25(31(33)41)30(40)32(20,42)29(39)23(16)27(24)37/h6-9,11,16,20,25-26,28,34,36,38-39,42H,5,10,12-14H2,1-4H3,(H2,33,41)/t16-,20-,25?,26?,28?,32-/m0/s1. The van der Waals surface area contributed by atoms with Crippen molar-refractivity contribution in [3.8, 4) is 22.6 Å². The van der Waals surface area contributed by atoms with Crippen LogP contribution in [0.5, 0.6) is 11.5 Å². The Labute approximate surface area is 250 Å². The minimum atomic E-state index is -2.62. The number of methoxy groups -OCH3 is 1. The van der Waals surface area contributed by atoms with E-state index in [9.17, 15) is 34.8 Å². The Morgan fingerprint density at radius 2 is 1.88 bits per heavy atom. The zero-order valence-electron chi connectivity index (χ0n) is 24.8. The number of ether oxygens (including phenoxy) is 1. The van der Waals surface area contributed by atoms with E-state index in [4.69, 9.17) is 10.5 Å². The average Bonchev–Trinajstić information content (AvgIpc) is 2.95. The van der Waals surface area contributed by atoms with Gasteiger partial charge in [-0.3, -0.25) is 14.4 Å². The predicted molar refractivity (Wildman–Crippen MR) is 158 cm³/mol. The molecule has 11 nitrogen and oxygen atoms in total. The van der Waals surface area contributed by atoms with E-state index in [1.807, 2.05) is 18.2 Å². The number of ketones is 2. The Bertz CT molecular complexity index is 1520. The molecular formula is C32H39N3O8. The molecule has 3 aliphatic rings. The van der Waals surface area contributed by atoms with Crippen molar-refractivity contribution in [2.75, 3.05) is 27.7 Å². The van der Waals surface area contributed by atoms with Gasteiger partial charge in [0.2, 0.25) is 5.91 Å². The van der Waals surface area contributed by atoms with E-state index < -0.39 is 58.7 Å². The quantitative estimate of drug-likeness (QED) is 0.194. The van der Waals surface area contributed by atoms with Gasteiger partial charge in [0.05, 0.1) is 18.8 Å². The molecule has 6 atom stereocenters. The molecule has 43 heavy (non-hydrogen) atoms. The highest BCUT2D eigenvalue weighted by Crippen LogP contribution is 2.53. The number of amides is 1. The molecule has 0 aliphatic heterocycles. The molecule has 3 unspecified atom stereocenters. The second-order valence-corrected chi connectivity index (χ2v) is 12.0. The van der Waals surface area contributed by atoms with Gasteiger partial charge in [-0.15, -0.1) is 0 Å². The highest BCUT2D eigenvalue weighted by molar-refractivity contribution is 6.16. The van der Waals surface area contributed by atoms with Gasteiger partial charge in [-0.25, -0.2) is 0 Å². The van der Waals surface area contributed by atoms with Crippen LogP contribution in [0.1, 0.15) is 41.3 Å². The smallest absolute Gasteiger partial charge is 0.230 e. The maximum absolute atomic E-state index is 14.1. The molecule has 0 heterocycles. The molecule has 1 amide bonds. The number of carbonyl (C=O) groups is 3. The van der Waals surface area contributed by atoms with Crippen LogP contribution in [0.2, 0.25) is 0 Å². The number of aliphatic hydroxyl groups is 3. The Morgan fingerprint density at radius 1 is 1.16 bits per heavy atom. The number of fused-ring (bicyclic) bond motifs is 3. The van der Waals surface area contributed by atoms with Crippen LogP contribution in [-0.4, -0.2) is 88.3 Å². The number of allylic oxidation sites excluding steroid dienone is 1. The molecule has 3 aliphatic carbocycles. The van der Waals surface area contributed by atoms with Crippen molar-refractivity contribution in [2.45, 2.75) is 50.5 Å². The van der Waals surface area contributed by atoms with Gasteiger partial charge in [0, 0.05) is 29.6 Å². The molecule has 1 saturated carbocycles. The molecule has 0 bridgehead atoms. The van der Waals surface area contributed by atoms with Crippen molar-refractivity contribution in [2.24, 2.45) is 23.5 Å². The van der Waals surface area contributed by atoms with Crippen LogP contribution < -0.4 is 15.8 Å². The number of aromatic hydroxyl groups is 1. The Kier molecular flexibility index (Phi) is 8.12. The van der Waals surface area contributed by atoms with Crippen molar-refractivity contribution < 1.29 is 39.5 Å². The molecule has 5 rings (SSSR count). The van der Waals surface area contributed by atoms with Crippen LogP contribution >= 0.6 is 0 Å². The number of benzene rings is 2. The number of carbonyl (C=O) groups excluding carboxylic acids is 3. The van der Waals surface area contributed by atoms with E-state index in [0.717, 1.165) is 24.1 Å². The fourth-order valence-electron chi connectivity index (χ4n) is 7.34. The second-order valence-electron chi connectivity index (χ2n) is 12.0. The van der Waals surface area contributed by atoms with Gasteiger partial charge in [0.1, 0.15) is 23.2 Å². The number of phenols is 1. The molecule has 0 aromatic heterocycles. The number of aliphatic hydroxyl groups excluding tert-OH is 2. The van der Waals surface area contributed by atoms with E-state index in [1.54, 1.807) is 32.2 Å². The number of primary amides is 1. The number of nitrogens with one attached hydrogen (secondary N) is 1. The minimum absolute atomic E-state index is 0.0344. The largest absolute Gasteiger partial charge is 0.508 e. The maximum atomic E-state index is 14.1. The first kappa shape index (κ1) is 30.7. The molecule has 1 fully saturated rings. The number of Topliss-reactive ketones (excluding diaryl/α,β-unsaturated/α-hetero) is 2. The summed E-state index contributed by atoms with van der Waals surface area (Å²) in [5.74, 6) is -7.07. The van der Waals surface area contributed by atoms with Gasteiger partial charge in [-0.2, -0.15) is 0 Å². The van der Waals surface area contributed by atoms with Crippen LogP contribution in [-0.2, 0) is 22.6 Å². The van der Waals surface area contributed by atoms with Gasteiger partial charge in [0.15, 0.2) is 17.2 Å². The summed E-state index contributed by atoms with van der Waals surface area (Å²) >= 11 is 0.